The molecule has 6 nitrogen and oxygen atoms in total. The third-order valence-electron chi connectivity index (χ3n) is 2.83. The van der Waals surface area contributed by atoms with Crippen LogP contribution < -0.4 is 5.32 Å². The molecular formula is C14H25NO5. The van der Waals surface area contributed by atoms with Gasteiger partial charge in [-0.05, 0) is 48.0 Å². The minimum absolute atomic E-state index is 0.302. The molecule has 1 aliphatic carbocycles. The third kappa shape index (κ3) is 5.00. The maximum absolute atomic E-state index is 11.8. The van der Waals surface area contributed by atoms with Gasteiger partial charge in [-0.25, -0.2) is 4.79 Å². The first-order valence-corrected chi connectivity index (χ1v) is 6.79. The van der Waals surface area contributed by atoms with Crippen molar-refractivity contribution < 1.29 is 24.2 Å². The van der Waals surface area contributed by atoms with Crippen LogP contribution in [0.4, 0.5) is 4.79 Å². The van der Waals surface area contributed by atoms with Crippen molar-refractivity contribution in [2.45, 2.75) is 71.3 Å². The van der Waals surface area contributed by atoms with Crippen molar-refractivity contribution in [1.82, 2.24) is 5.32 Å². The number of carbonyl (C=O) groups is 2. The van der Waals surface area contributed by atoms with Crippen molar-refractivity contribution in [2.75, 3.05) is 0 Å². The summed E-state index contributed by atoms with van der Waals surface area (Å²) >= 11 is 0. The van der Waals surface area contributed by atoms with Crippen molar-refractivity contribution in [3.05, 3.63) is 0 Å². The van der Waals surface area contributed by atoms with Gasteiger partial charge in [0.15, 0.2) is 0 Å². The highest BCUT2D eigenvalue weighted by Gasteiger charge is 2.49. The number of aliphatic carboxylic acids is 1. The summed E-state index contributed by atoms with van der Waals surface area (Å²) in [6.07, 6.45) is -0.521. The summed E-state index contributed by atoms with van der Waals surface area (Å²) in [5.74, 6) is -1.56. The Balaban J connectivity index is 2.65. The monoisotopic (exact) mass is 287 g/mol. The molecule has 1 rings (SSSR count). The van der Waals surface area contributed by atoms with Gasteiger partial charge in [0.2, 0.25) is 0 Å². The van der Waals surface area contributed by atoms with Gasteiger partial charge >= 0.3 is 12.1 Å². The van der Waals surface area contributed by atoms with E-state index < -0.39 is 29.6 Å². The standard InChI is InChI=1S/C14H25NO5/c1-13(2,3)19-9-7-8(11(16)17)10(9)15-12(18)20-14(4,5)6/h8-10H,7H2,1-6H3,(H,15,18)(H,16,17)/t8-,9+,10-/m1/s1. The van der Waals surface area contributed by atoms with Crippen molar-refractivity contribution in [3.8, 4) is 0 Å². The van der Waals surface area contributed by atoms with Gasteiger partial charge in [-0.1, -0.05) is 0 Å². The zero-order valence-corrected chi connectivity index (χ0v) is 13.0. The highest BCUT2D eigenvalue weighted by atomic mass is 16.6. The number of nitrogens with one attached hydrogen (secondary N) is 1. The van der Waals surface area contributed by atoms with Gasteiger partial charge in [-0.15, -0.1) is 0 Å². The van der Waals surface area contributed by atoms with Crippen LogP contribution in [-0.2, 0) is 14.3 Å². The second-order valence-electron chi connectivity index (χ2n) is 7.12. The zero-order chi connectivity index (χ0) is 15.7. The Morgan fingerprint density at radius 1 is 1.10 bits per heavy atom. The van der Waals surface area contributed by atoms with Crippen molar-refractivity contribution >= 4 is 12.1 Å². The van der Waals surface area contributed by atoms with E-state index >= 15 is 0 Å². The molecule has 0 aliphatic heterocycles. The lowest BCUT2D eigenvalue weighted by atomic mass is 9.76. The van der Waals surface area contributed by atoms with E-state index in [0.29, 0.717) is 6.42 Å². The fourth-order valence-corrected chi connectivity index (χ4v) is 2.07. The smallest absolute Gasteiger partial charge is 0.407 e. The summed E-state index contributed by atoms with van der Waals surface area (Å²) in [5, 5.41) is 11.7. The van der Waals surface area contributed by atoms with Crippen LogP contribution in [0.5, 0.6) is 0 Å². The van der Waals surface area contributed by atoms with Crippen molar-refractivity contribution in [3.63, 3.8) is 0 Å². The molecule has 0 saturated heterocycles. The maximum atomic E-state index is 11.8. The van der Waals surface area contributed by atoms with E-state index in [1.807, 2.05) is 20.8 Å². The largest absolute Gasteiger partial charge is 0.481 e. The highest BCUT2D eigenvalue weighted by molar-refractivity contribution is 5.75. The first kappa shape index (κ1) is 16.8. The lowest BCUT2D eigenvalue weighted by molar-refractivity contribution is -0.167. The lowest BCUT2D eigenvalue weighted by Gasteiger charge is -2.45. The van der Waals surface area contributed by atoms with Crippen LogP contribution in [-0.4, -0.2) is 40.5 Å². The fraction of sp³-hybridized carbons (Fsp3) is 0.857. The van der Waals surface area contributed by atoms with Crippen LogP contribution >= 0.6 is 0 Å². The summed E-state index contributed by atoms with van der Waals surface area (Å²) in [5.41, 5.74) is -1.01. The van der Waals surface area contributed by atoms with E-state index in [2.05, 4.69) is 5.32 Å². The molecule has 0 bridgehead atoms. The van der Waals surface area contributed by atoms with Gasteiger partial charge in [-0.3, -0.25) is 4.79 Å². The summed E-state index contributed by atoms with van der Waals surface area (Å²) in [4.78, 5) is 22.9. The normalized spacial score (nSPS) is 26.6. The van der Waals surface area contributed by atoms with Crippen molar-refractivity contribution in [2.24, 2.45) is 5.92 Å². The van der Waals surface area contributed by atoms with Crippen LogP contribution in [0.3, 0.4) is 0 Å². The maximum Gasteiger partial charge on any atom is 0.407 e. The number of carboxylic acid groups (broad SMARTS) is 1. The molecule has 0 radical (unpaired) electrons. The number of hydrogen-bond acceptors (Lipinski definition) is 4. The second kappa shape index (κ2) is 5.60. The van der Waals surface area contributed by atoms with Crippen molar-refractivity contribution in [1.29, 1.82) is 0 Å². The number of amides is 1. The first-order valence-electron chi connectivity index (χ1n) is 6.79. The Morgan fingerprint density at radius 2 is 1.65 bits per heavy atom. The molecule has 0 aromatic heterocycles. The Hall–Kier alpha value is -1.30. The van der Waals surface area contributed by atoms with Gasteiger partial charge in [0.05, 0.1) is 23.7 Å². The molecule has 1 saturated carbocycles. The Morgan fingerprint density at radius 3 is 2.05 bits per heavy atom. The molecule has 0 spiro atoms. The predicted octanol–water partition coefficient (Wildman–Crippen LogP) is 2.17. The molecule has 1 amide bonds. The molecule has 0 heterocycles. The van der Waals surface area contributed by atoms with Gasteiger partial charge in [0, 0.05) is 0 Å². The average Bonchev–Trinajstić information content (AvgIpc) is 2.16. The number of ether oxygens (including phenoxy) is 2. The molecule has 20 heavy (non-hydrogen) atoms. The van der Waals surface area contributed by atoms with E-state index in [1.54, 1.807) is 20.8 Å². The Kier molecular flexibility index (Phi) is 4.69. The minimum Gasteiger partial charge on any atom is -0.481 e. The molecule has 0 unspecified atom stereocenters. The van der Waals surface area contributed by atoms with E-state index in [0.717, 1.165) is 0 Å². The number of alkyl carbamates (subject to hydrolysis) is 1. The van der Waals surface area contributed by atoms with Gasteiger partial charge in [-0.2, -0.15) is 0 Å². The summed E-state index contributed by atoms with van der Waals surface area (Å²) in [7, 11) is 0. The van der Waals surface area contributed by atoms with Crippen LogP contribution in [0.1, 0.15) is 48.0 Å². The SMILES string of the molecule is CC(C)(C)OC(=O)N[C@H]1[C@@H](OC(C)(C)C)C[C@H]1C(=O)O. The van der Waals surface area contributed by atoms with Gasteiger partial charge < -0.3 is 19.9 Å². The summed E-state index contributed by atoms with van der Waals surface area (Å²) in [6, 6.07) is -0.554. The minimum atomic E-state index is -0.931. The summed E-state index contributed by atoms with van der Waals surface area (Å²) < 4.78 is 10.9. The number of hydrogen-bond donors (Lipinski definition) is 2. The molecule has 3 atom stereocenters. The molecule has 0 aromatic rings. The van der Waals surface area contributed by atoms with E-state index in [1.165, 1.54) is 0 Å². The molecule has 116 valence electrons. The Bertz CT molecular complexity index is 380. The highest BCUT2D eigenvalue weighted by Crippen LogP contribution is 2.34. The van der Waals surface area contributed by atoms with Crippen LogP contribution in [0.15, 0.2) is 0 Å². The number of carboxylic acids is 1. The van der Waals surface area contributed by atoms with E-state index in [-0.39, 0.29) is 11.7 Å². The first-order chi connectivity index (χ1) is 8.89. The molecule has 6 heteroatoms. The quantitative estimate of drug-likeness (QED) is 0.831. The van der Waals surface area contributed by atoms with Crippen LogP contribution in [0, 0.1) is 5.92 Å². The fourth-order valence-electron chi connectivity index (χ4n) is 2.07. The third-order valence-corrected chi connectivity index (χ3v) is 2.83. The predicted molar refractivity (Wildman–Crippen MR) is 73.5 cm³/mol. The van der Waals surface area contributed by atoms with E-state index in [9.17, 15) is 9.59 Å². The van der Waals surface area contributed by atoms with Crippen LogP contribution in [0.2, 0.25) is 0 Å². The van der Waals surface area contributed by atoms with E-state index in [4.69, 9.17) is 14.6 Å². The molecule has 1 fully saturated rings. The number of carbonyl (C=O) groups excluding carboxylic acids is 1. The topological polar surface area (TPSA) is 84.9 Å². The molecular weight excluding hydrogens is 262 g/mol. The second-order valence-corrected chi connectivity index (χ2v) is 7.12. The average molecular weight is 287 g/mol. The zero-order valence-electron chi connectivity index (χ0n) is 13.0. The molecule has 0 aromatic carbocycles. The molecule has 2 N–H and O–H groups in total. The Labute approximate surface area is 119 Å². The number of rotatable bonds is 3. The van der Waals surface area contributed by atoms with Gasteiger partial charge in [0.25, 0.3) is 0 Å². The summed E-state index contributed by atoms with van der Waals surface area (Å²) in [6.45, 7) is 10.9. The lowest BCUT2D eigenvalue weighted by Crippen LogP contribution is -2.62. The van der Waals surface area contributed by atoms with Crippen LogP contribution in [0.25, 0.3) is 0 Å². The molecule has 1 aliphatic rings. The van der Waals surface area contributed by atoms with Gasteiger partial charge in [0.1, 0.15) is 5.60 Å².